The SMILES string of the molecule is CCCCN1C(=O)/C(=C2\C(=O)N(CC(=O)Nc3ccccc3)c3ccccc32)SC1=S. The lowest BCUT2D eigenvalue weighted by molar-refractivity contribution is -0.122. The van der Waals surface area contributed by atoms with Crippen LogP contribution in [0.15, 0.2) is 59.5 Å². The highest BCUT2D eigenvalue weighted by Crippen LogP contribution is 2.44. The smallest absolute Gasteiger partial charge is 0.267 e. The van der Waals surface area contributed by atoms with Crippen LogP contribution in [-0.4, -0.2) is 40.0 Å². The van der Waals surface area contributed by atoms with Gasteiger partial charge in [0.25, 0.3) is 11.8 Å². The molecule has 2 heterocycles. The number of thiocarbonyl (C=S) groups is 1. The summed E-state index contributed by atoms with van der Waals surface area (Å²) in [5.41, 5.74) is 2.24. The van der Waals surface area contributed by atoms with Crippen molar-refractivity contribution in [3.05, 3.63) is 65.1 Å². The standard InChI is InChI=1S/C23H21N3O3S2/c1-2-3-13-25-22(29)20(31-23(25)30)19-16-11-7-8-12-17(16)26(21(19)28)14-18(27)24-15-9-5-4-6-10-15/h4-12H,2-3,13-14H2,1H3,(H,24,27)/b20-19+. The Hall–Kier alpha value is -2.97. The van der Waals surface area contributed by atoms with E-state index >= 15 is 0 Å². The number of amides is 3. The summed E-state index contributed by atoms with van der Waals surface area (Å²) in [5, 5.41) is 2.80. The molecule has 6 nitrogen and oxygen atoms in total. The zero-order valence-electron chi connectivity index (χ0n) is 17.0. The number of thioether (sulfide) groups is 1. The summed E-state index contributed by atoms with van der Waals surface area (Å²) in [6.45, 7) is 2.44. The Morgan fingerprint density at radius 3 is 2.45 bits per heavy atom. The Morgan fingerprint density at radius 2 is 1.71 bits per heavy atom. The molecule has 0 spiro atoms. The van der Waals surface area contributed by atoms with Crippen LogP contribution in [0.2, 0.25) is 0 Å². The Morgan fingerprint density at radius 1 is 1.00 bits per heavy atom. The molecule has 31 heavy (non-hydrogen) atoms. The fourth-order valence-electron chi connectivity index (χ4n) is 3.58. The van der Waals surface area contributed by atoms with Gasteiger partial charge in [-0.15, -0.1) is 0 Å². The van der Waals surface area contributed by atoms with Crippen molar-refractivity contribution in [1.29, 1.82) is 0 Å². The second-order valence-corrected chi connectivity index (χ2v) is 8.85. The maximum atomic E-state index is 13.4. The molecule has 158 valence electrons. The molecular weight excluding hydrogens is 430 g/mol. The number of fused-ring (bicyclic) bond motifs is 1. The maximum Gasteiger partial charge on any atom is 0.267 e. The summed E-state index contributed by atoms with van der Waals surface area (Å²) in [5.74, 6) is -0.913. The lowest BCUT2D eigenvalue weighted by Crippen LogP contribution is -2.35. The van der Waals surface area contributed by atoms with Gasteiger partial charge < -0.3 is 5.32 Å². The molecule has 1 fully saturated rings. The van der Waals surface area contributed by atoms with Gasteiger partial charge in [0.05, 0.1) is 16.2 Å². The maximum absolute atomic E-state index is 13.4. The molecule has 0 aliphatic carbocycles. The van der Waals surface area contributed by atoms with Crippen LogP contribution in [0.1, 0.15) is 25.3 Å². The zero-order chi connectivity index (χ0) is 22.0. The van der Waals surface area contributed by atoms with Crippen molar-refractivity contribution in [2.75, 3.05) is 23.3 Å². The van der Waals surface area contributed by atoms with E-state index in [4.69, 9.17) is 12.2 Å². The first-order chi connectivity index (χ1) is 15.0. The average molecular weight is 452 g/mol. The predicted molar refractivity (Wildman–Crippen MR) is 128 cm³/mol. The third kappa shape index (κ3) is 4.13. The molecule has 1 N–H and O–H groups in total. The summed E-state index contributed by atoms with van der Waals surface area (Å²) in [6.07, 6.45) is 1.78. The predicted octanol–water partition coefficient (Wildman–Crippen LogP) is 4.04. The first-order valence-corrected chi connectivity index (χ1v) is 11.3. The van der Waals surface area contributed by atoms with Crippen molar-refractivity contribution in [3.8, 4) is 0 Å². The molecule has 2 aromatic rings. The van der Waals surface area contributed by atoms with Crippen molar-refractivity contribution in [2.45, 2.75) is 19.8 Å². The molecule has 2 aromatic carbocycles. The molecule has 0 aromatic heterocycles. The fraction of sp³-hybridized carbons (Fsp3) is 0.217. The van der Waals surface area contributed by atoms with Gasteiger partial charge in [-0.3, -0.25) is 24.2 Å². The van der Waals surface area contributed by atoms with Gasteiger partial charge in [0.15, 0.2) is 0 Å². The van der Waals surface area contributed by atoms with Gasteiger partial charge in [0, 0.05) is 17.8 Å². The lowest BCUT2D eigenvalue weighted by atomic mass is 10.1. The third-order valence-electron chi connectivity index (χ3n) is 5.09. The van der Waals surface area contributed by atoms with Gasteiger partial charge in [-0.1, -0.05) is 73.7 Å². The number of unbranched alkanes of at least 4 members (excludes halogenated alkanes) is 1. The largest absolute Gasteiger partial charge is 0.325 e. The highest BCUT2D eigenvalue weighted by Gasteiger charge is 2.42. The van der Waals surface area contributed by atoms with Crippen LogP contribution >= 0.6 is 24.0 Å². The molecule has 0 unspecified atom stereocenters. The van der Waals surface area contributed by atoms with Gasteiger partial charge >= 0.3 is 0 Å². The summed E-state index contributed by atoms with van der Waals surface area (Å²) in [6, 6.07) is 16.3. The molecule has 4 rings (SSSR count). The van der Waals surface area contributed by atoms with Crippen molar-refractivity contribution in [2.24, 2.45) is 0 Å². The number of anilines is 2. The Labute approximate surface area is 190 Å². The van der Waals surface area contributed by atoms with Crippen LogP contribution in [0.3, 0.4) is 0 Å². The highest BCUT2D eigenvalue weighted by molar-refractivity contribution is 8.26. The third-order valence-corrected chi connectivity index (χ3v) is 6.54. The molecule has 2 aliphatic heterocycles. The van der Waals surface area contributed by atoms with Crippen LogP contribution in [0.4, 0.5) is 11.4 Å². The Kier molecular flexibility index (Phi) is 6.20. The van der Waals surface area contributed by atoms with E-state index in [0.717, 1.165) is 24.6 Å². The Balaban J connectivity index is 1.64. The van der Waals surface area contributed by atoms with E-state index in [-0.39, 0.29) is 24.3 Å². The van der Waals surface area contributed by atoms with Crippen LogP contribution in [0, 0.1) is 0 Å². The number of benzene rings is 2. The minimum Gasteiger partial charge on any atom is -0.325 e. The van der Waals surface area contributed by atoms with Crippen molar-refractivity contribution >= 4 is 63.0 Å². The molecule has 0 bridgehead atoms. The monoisotopic (exact) mass is 451 g/mol. The Bertz CT molecular complexity index is 1100. The number of hydrogen-bond acceptors (Lipinski definition) is 5. The summed E-state index contributed by atoms with van der Waals surface area (Å²) in [4.78, 5) is 42.3. The van der Waals surface area contributed by atoms with E-state index in [9.17, 15) is 14.4 Å². The number of carbonyl (C=O) groups is 3. The normalized spacial score (nSPS) is 18.0. The molecule has 8 heteroatoms. The van der Waals surface area contributed by atoms with E-state index in [2.05, 4.69) is 5.32 Å². The van der Waals surface area contributed by atoms with Crippen molar-refractivity contribution in [3.63, 3.8) is 0 Å². The minimum atomic E-state index is -0.361. The van der Waals surface area contributed by atoms with E-state index in [0.29, 0.717) is 38.3 Å². The summed E-state index contributed by atoms with van der Waals surface area (Å²) in [7, 11) is 0. The number of para-hydroxylation sites is 2. The first kappa shape index (κ1) is 21.3. The zero-order valence-corrected chi connectivity index (χ0v) is 18.6. The van der Waals surface area contributed by atoms with Crippen LogP contribution in [0.25, 0.3) is 5.57 Å². The van der Waals surface area contributed by atoms with Gasteiger partial charge in [-0.05, 0) is 24.6 Å². The second-order valence-electron chi connectivity index (χ2n) is 7.21. The van der Waals surface area contributed by atoms with E-state index in [1.807, 2.05) is 37.3 Å². The van der Waals surface area contributed by atoms with E-state index in [1.165, 1.54) is 4.90 Å². The average Bonchev–Trinajstić information content (AvgIpc) is 3.20. The molecule has 2 aliphatic rings. The molecular formula is C23H21N3O3S2. The first-order valence-electron chi connectivity index (χ1n) is 10.1. The van der Waals surface area contributed by atoms with Crippen LogP contribution < -0.4 is 10.2 Å². The lowest BCUT2D eigenvalue weighted by Gasteiger charge is -2.16. The number of carbonyl (C=O) groups excluding carboxylic acids is 3. The quantitative estimate of drug-likeness (QED) is 0.530. The summed E-state index contributed by atoms with van der Waals surface area (Å²) >= 11 is 6.56. The molecule has 1 saturated heterocycles. The molecule has 0 radical (unpaired) electrons. The molecule has 0 atom stereocenters. The van der Waals surface area contributed by atoms with Gasteiger partial charge in [0.1, 0.15) is 10.9 Å². The number of nitrogens with zero attached hydrogens (tertiary/aromatic N) is 2. The van der Waals surface area contributed by atoms with E-state index < -0.39 is 0 Å². The second kappa shape index (κ2) is 9.03. The number of hydrogen-bond donors (Lipinski definition) is 1. The molecule has 0 saturated carbocycles. The van der Waals surface area contributed by atoms with Crippen LogP contribution in [-0.2, 0) is 14.4 Å². The fourth-order valence-corrected chi connectivity index (χ4v) is 4.96. The van der Waals surface area contributed by atoms with Gasteiger partial charge in [0.2, 0.25) is 5.91 Å². The topological polar surface area (TPSA) is 69.7 Å². The van der Waals surface area contributed by atoms with E-state index in [1.54, 1.807) is 29.2 Å². The number of nitrogens with one attached hydrogen (secondary N) is 1. The van der Waals surface area contributed by atoms with Crippen molar-refractivity contribution < 1.29 is 14.4 Å². The van der Waals surface area contributed by atoms with Crippen molar-refractivity contribution in [1.82, 2.24) is 4.90 Å². The van der Waals surface area contributed by atoms with Crippen LogP contribution in [0.5, 0.6) is 0 Å². The number of rotatable bonds is 6. The van der Waals surface area contributed by atoms with Gasteiger partial charge in [-0.25, -0.2) is 0 Å². The highest BCUT2D eigenvalue weighted by atomic mass is 32.2. The van der Waals surface area contributed by atoms with Gasteiger partial charge in [-0.2, -0.15) is 0 Å². The minimum absolute atomic E-state index is 0.148. The summed E-state index contributed by atoms with van der Waals surface area (Å²) < 4.78 is 0.464. The molecule has 3 amide bonds.